The number of halogens is 1. The summed E-state index contributed by atoms with van der Waals surface area (Å²) in [6.45, 7) is 13.4. The summed E-state index contributed by atoms with van der Waals surface area (Å²) in [6, 6.07) is 1.96. The summed E-state index contributed by atoms with van der Waals surface area (Å²) < 4.78 is 0. The Labute approximate surface area is 115 Å². The summed E-state index contributed by atoms with van der Waals surface area (Å²) in [5.74, 6) is 0.740. The van der Waals surface area contributed by atoms with Crippen LogP contribution in [0.4, 0.5) is 5.82 Å². The van der Waals surface area contributed by atoms with Gasteiger partial charge in [0.05, 0.1) is 5.02 Å². The molecule has 0 amide bonds. The Morgan fingerprint density at radius 3 is 2.17 bits per heavy atom. The third-order valence-electron chi connectivity index (χ3n) is 2.21. The molecule has 0 radical (unpaired) electrons. The average molecular weight is 270 g/mol. The average Bonchev–Trinajstić information content (AvgIpc) is 2.15. The first-order valence-corrected chi connectivity index (χ1v) is 6.62. The van der Waals surface area contributed by atoms with Gasteiger partial charge in [0, 0.05) is 23.8 Å². The van der Waals surface area contributed by atoms with Crippen molar-refractivity contribution in [1.29, 1.82) is 0 Å². The number of nitrogens with one attached hydrogen (secondary N) is 2. The monoisotopic (exact) mass is 269 g/mol. The van der Waals surface area contributed by atoms with Crippen LogP contribution in [-0.4, -0.2) is 16.1 Å². The first-order chi connectivity index (χ1) is 8.07. The molecule has 1 rings (SSSR count). The summed E-state index contributed by atoms with van der Waals surface area (Å²) in [7, 11) is 0. The molecular weight excluding hydrogens is 246 g/mol. The van der Waals surface area contributed by atoms with Crippen molar-refractivity contribution in [3.05, 3.63) is 22.8 Å². The van der Waals surface area contributed by atoms with Crippen molar-refractivity contribution in [3.63, 3.8) is 0 Å². The number of hydrogen-bond donors (Lipinski definition) is 2. The molecule has 0 spiro atoms. The molecule has 0 aliphatic rings. The van der Waals surface area contributed by atoms with Crippen LogP contribution in [0.2, 0.25) is 5.02 Å². The van der Waals surface area contributed by atoms with Gasteiger partial charge in [-0.25, -0.2) is 4.98 Å². The minimum absolute atomic E-state index is 0.0399. The predicted octanol–water partition coefficient (Wildman–Crippen LogP) is 3.83. The normalized spacial score (nSPS) is 12.6. The first-order valence-electron chi connectivity index (χ1n) is 6.24. The molecule has 4 heteroatoms. The van der Waals surface area contributed by atoms with Crippen molar-refractivity contribution in [2.45, 2.75) is 59.2 Å². The third kappa shape index (κ3) is 5.69. The number of aromatic nitrogens is 1. The number of nitrogens with zero attached hydrogens (tertiary/aromatic N) is 1. The summed E-state index contributed by atoms with van der Waals surface area (Å²) in [4.78, 5) is 4.38. The first kappa shape index (κ1) is 15.3. The van der Waals surface area contributed by atoms with E-state index in [4.69, 9.17) is 11.6 Å². The molecule has 0 saturated carbocycles. The van der Waals surface area contributed by atoms with Crippen LogP contribution in [0.5, 0.6) is 0 Å². The largest absolute Gasteiger partial charge is 0.364 e. The quantitative estimate of drug-likeness (QED) is 0.876. The van der Waals surface area contributed by atoms with E-state index in [1.165, 1.54) is 0 Å². The van der Waals surface area contributed by atoms with E-state index in [1.807, 2.05) is 12.3 Å². The van der Waals surface area contributed by atoms with Crippen LogP contribution in [0, 0.1) is 0 Å². The molecular formula is C14H24ClN3. The predicted molar refractivity (Wildman–Crippen MR) is 79.2 cm³/mol. The van der Waals surface area contributed by atoms with Crippen LogP contribution in [0.3, 0.4) is 0 Å². The van der Waals surface area contributed by atoms with E-state index >= 15 is 0 Å². The highest BCUT2D eigenvalue weighted by molar-refractivity contribution is 6.33. The summed E-state index contributed by atoms with van der Waals surface area (Å²) in [6.07, 6.45) is 1.86. The summed E-state index contributed by atoms with van der Waals surface area (Å²) in [5, 5.41) is 7.36. The molecule has 0 aromatic carbocycles. The maximum Gasteiger partial charge on any atom is 0.145 e. The lowest BCUT2D eigenvalue weighted by Crippen LogP contribution is -2.35. The molecule has 0 saturated heterocycles. The zero-order valence-corrected chi connectivity index (χ0v) is 12.9. The van der Waals surface area contributed by atoms with Crippen molar-refractivity contribution in [2.75, 3.05) is 5.32 Å². The zero-order chi connectivity index (χ0) is 14.0. The fraction of sp³-hybridized carbons (Fsp3) is 0.643. The molecule has 0 unspecified atom stereocenters. The second-order valence-corrected chi connectivity index (χ2v) is 7.06. The lowest BCUT2D eigenvalue weighted by Gasteiger charge is -2.23. The molecule has 2 N–H and O–H groups in total. The van der Waals surface area contributed by atoms with E-state index in [0.29, 0.717) is 5.02 Å². The molecule has 0 aliphatic carbocycles. The molecule has 3 nitrogen and oxygen atoms in total. The lowest BCUT2D eigenvalue weighted by atomic mass is 10.1. The second-order valence-electron chi connectivity index (χ2n) is 6.65. The van der Waals surface area contributed by atoms with E-state index in [-0.39, 0.29) is 11.1 Å². The Hall–Kier alpha value is -0.800. The highest BCUT2D eigenvalue weighted by atomic mass is 35.5. The number of pyridine rings is 1. The van der Waals surface area contributed by atoms with Crippen LogP contribution in [-0.2, 0) is 6.54 Å². The fourth-order valence-corrected chi connectivity index (χ4v) is 1.62. The van der Waals surface area contributed by atoms with E-state index in [9.17, 15) is 0 Å². The second kappa shape index (κ2) is 5.45. The van der Waals surface area contributed by atoms with Gasteiger partial charge in [0.2, 0.25) is 0 Å². The Balaban J connectivity index is 2.74. The van der Waals surface area contributed by atoms with Gasteiger partial charge in [-0.15, -0.1) is 0 Å². The van der Waals surface area contributed by atoms with Gasteiger partial charge >= 0.3 is 0 Å². The highest BCUT2D eigenvalue weighted by Gasteiger charge is 2.14. The van der Waals surface area contributed by atoms with Gasteiger partial charge in [-0.05, 0) is 53.2 Å². The summed E-state index contributed by atoms with van der Waals surface area (Å²) >= 11 is 6.23. The Morgan fingerprint density at radius 1 is 1.11 bits per heavy atom. The van der Waals surface area contributed by atoms with Gasteiger partial charge in [-0.3, -0.25) is 0 Å². The van der Waals surface area contributed by atoms with Gasteiger partial charge in [0.1, 0.15) is 5.82 Å². The standard InChI is InChI=1S/C14H24ClN3/c1-13(2,3)17-9-10-7-11(15)12(16-8-10)18-14(4,5)6/h7-8,17H,9H2,1-6H3,(H,16,18). The number of hydrogen-bond acceptors (Lipinski definition) is 3. The van der Waals surface area contributed by atoms with Crippen LogP contribution in [0.15, 0.2) is 12.3 Å². The van der Waals surface area contributed by atoms with E-state index in [1.54, 1.807) is 0 Å². The van der Waals surface area contributed by atoms with Gasteiger partial charge in [0.25, 0.3) is 0 Å². The van der Waals surface area contributed by atoms with Crippen LogP contribution in [0.25, 0.3) is 0 Å². The van der Waals surface area contributed by atoms with Crippen molar-refractivity contribution in [1.82, 2.24) is 10.3 Å². The van der Waals surface area contributed by atoms with E-state index in [2.05, 4.69) is 57.2 Å². The van der Waals surface area contributed by atoms with Gasteiger partial charge in [0.15, 0.2) is 0 Å². The smallest absolute Gasteiger partial charge is 0.145 e. The number of anilines is 1. The van der Waals surface area contributed by atoms with Crippen LogP contribution in [0.1, 0.15) is 47.1 Å². The molecule has 0 fully saturated rings. The SMILES string of the molecule is CC(C)(C)NCc1cnc(NC(C)(C)C)c(Cl)c1. The molecule has 1 heterocycles. The molecule has 0 atom stereocenters. The molecule has 102 valence electrons. The molecule has 1 aromatic heterocycles. The van der Waals surface area contributed by atoms with Crippen LogP contribution >= 0.6 is 11.6 Å². The van der Waals surface area contributed by atoms with Crippen molar-refractivity contribution >= 4 is 17.4 Å². The van der Waals surface area contributed by atoms with E-state index < -0.39 is 0 Å². The van der Waals surface area contributed by atoms with Crippen LogP contribution < -0.4 is 10.6 Å². The van der Waals surface area contributed by atoms with Gasteiger partial charge in [-0.2, -0.15) is 0 Å². The lowest BCUT2D eigenvalue weighted by molar-refractivity contribution is 0.424. The number of rotatable bonds is 3. The highest BCUT2D eigenvalue weighted by Crippen LogP contribution is 2.23. The molecule has 18 heavy (non-hydrogen) atoms. The Bertz CT molecular complexity index is 402. The Morgan fingerprint density at radius 2 is 1.72 bits per heavy atom. The molecule has 1 aromatic rings. The van der Waals surface area contributed by atoms with Crippen molar-refractivity contribution < 1.29 is 0 Å². The maximum absolute atomic E-state index is 6.23. The van der Waals surface area contributed by atoms with Gasteiger partial charge < -0.3 is 10.6 Å². The molecule has 0 aliphatic heterocycles. The van der Waals surface area contributed by atoms with Gasteiger partial charge in [-0.1, -0.05) is 11.6 Å². The van der Waals surface area contributed by atoms with Crippen molar-refractivity contribution in [3.8, 4) is 0 Å². The maximum atomic E-state index is 6.23. The molecule has 0 bridgehead atoms. The topological polar surface area (TPSA) is 37.0 Å². The third-order valence-corrected chi connectivity index (χ3v) is 2.50. The fourth-order valence-electron chi connectivity index (χ4n) is 1.39. The zero-order valence-electron chi connectivity index (χ0n) is 12.2. The minimum Gasteiger partial charge on any atom is -0.364 e. The Kier molecular flexibility index (Phi) is 4.62. The minimum atomic E-state index is -0.0399. The van der Waals surface area contributed by atoms with Crippen molar-refractivity contribution in [2.24, 2.45) is 0 Å². The van der Waals surface area contributed by atoms with E-state index in [0.717, 1.165) is 17.9 Å². The summed E-state index contributed by atoms with van der Waals surface area (Å²) in [5.41, 5.74) is 1.14.